The van der Waals surface area contributed by atoms with Gasteiger partial charge >= 0.3 is 0 Å². The van der Waals surface area contributed by atoms with Gasteiger partial charge in [-0.15, -0.1) is 0 Å². The number of amides is 1. The minimum atomic E-state index is -0.209. The summed E-state index contributed by atoms with van der Waals surface area (Å²) in [6.07, 6.45) is 7.16. The van der Waals surface area contributed by atoms with Crippen LogP contribution in [0.2, 0.25) is 5.02 Å². The molecule has 3 nitrogen and oxygen atoms in total. The van der Waals surface area contributed by atoms with Gasteiger partial charge in [-0.3, -0.25) is 9.78 Å². The Morgan fingerprint density at radius 2 is 1.80 bits per heavy atom. The normalized spacial score (nSPS) is 25.8. The Kier molecular flexibility index (Phi) is 5.20. The number of fused-ring (bicyclic) bond motifs is 3. The lowest BCUT2D eigenvalue weighted by Crippen LogP contribution is -2.46. The number of aromatic nitrogens is 1. The maximum atomic E-state index is 13.9. The van der Waals surface area contributed by atoms with Crippen molar-refractivity contribution in [2.75, 3.05) is 0 Å². The van der Waals surface area contributed by atoms with E-state index in [4.69, 9.17) is 11.6 Å². The van der Waals surface area contributed by atoms with Gasteiger partial charge < -0.3 is 5.32 Å². The molecule has 5 rings (SSSR count). The first-order valence-electron chi connectivity index (χ1n) is 10.7. The molecule has 0 saturated heterocycles. The van der Waals surface area contributed by atoms with E-state index in [1.165, 1.54) is 11.6 Å². The second kappa shape index (κ2) is 7.99. The summed E-state index contributed by atoms with van der Waals surface area (Å²) in [6.45, 7) is 0. The molecule has 0 aliphatic heterocycles. The van der Waals surface area contributed by atoms with E-state index in [0.717, 1.165) is 43.0 Å². The molecular formula is C25H24ClFN2O. The lowest BCUT2D eigenvalue weighted by atomic mass is 9.63. The summed E-state index contributed by atoms with van der Waals surface area (Å²) in [6, 6.07) is 14.2. The SMILES string of the molecule is O=C(N[C@@H]1CC[C@@H]2C[C@H]1CC[C@@H]2c1ccnc2ccc(F)cc12)c1ccc(Cl)cc1. The lowest BCUT2D eigenvalue weighted by molar-refractivity contribution is 0.0825. The van der Waals surface area contributed by atoms with Gasteiger partial charge in [-0.25, -0.2) is 4.39 Å². The first-order chi connectivity index (χ1) is 14.6. The van der Waals surface area contributed by atoms with Crippen molar-refractivity contribution in [2.24, 2.45) is 11.8 Å². The highest BCUT2D eigenvalue weighted by Crippen LogP contribution is 2.48. The molecule has 2 fully saturated rings. The Hall–Kier alpha value is -2.46. The van der Waals surface area contributed by atoms with Crippen LogP contribution < -0.4 is 5.32 Å². The molecule has 1 aromatic heterocycles. The van der Waals surface area contributed by atoms with Crippen LogP contribution in [0.5, 0.6) is 0 Å². The van der Waals surface area contributed by atoms with Crippen molar-refractivity contribution in [1.29, 1.82) is 0 Å². The third kappa shape index (κ3) is 3.69. The minimum absolute atomic E-state index is 0.0205. The molecule has 2 bridgehead atoms. The number of carbonyl (C=O) groups is 1. The van der Waals surface area contributed by atoms with Crippen molar-refractivity contribution < 1.29 is 9.18 Å². The molecule has 1 amide bonds. The van der Waals surface area contributed by atoms with Crippen LogP contribution >= 0.6 is 11.6 Å². The Morgan fingerprint density at radius 3 is 2.63 bits per heavy atom. The van der Waals surface area contributed by atoms with Gasteiger partial charge in [0.15, 0.2) is 0 Å². The monoisotopic (exact) mass is 422 g/mol. The predicted molar refractivity (Wildman–Crippen MR) is 117 cm³/mol. The average molecular weight is 423 g/mol. The van der Waals surface area contributed by atoms with Crippen LogP contribution in [-0.4, -0.2) is 16.9 Å². The summed E-state index contributed by atoms with van der Waals surface area (Å²) in [5.41, 5.74) is 2.74. The van der Waals surface area contributed by atoms with Crippen molar-refractivity contribution in [3.8, 4) is 0 Å². The highest BCUT2D eigenvalue weighted by Gasteiger charge is 2.40. The number of benzene rings is 2. The number of carbonyl (C=O) groups excluding carboxylic acids is 1. The molecule has 0 unspecified atom stereocenters. The van der Waals surface area contributed by atoms with E-state index in [1.54, 1.807) is 36.4 Å². The molecule has 2 saturated carbocycles. The van der Waals surface area contributed by atoms with Crippen LogP contribution in [0.25, 0.3) is 10.9 Å². The number of hydrogen-bond acceptors (Lipinski definition) is 2. The van der Waals surface area contributed by atoms with Crippen LogP contribution in [0.15, 0.2) is 54.7 Å². The number of halogens is 2. The molecule has 1 N–H and O–H groups in total. The summed E-state index contributed by atoms with van der Waals surface area (Å²) in [7, 11) is 0. The zero-order chi connectivity index (χ0) is 20.7. The average Bonchev–Trinajstić information content (AvgIpc) is 2.76. The van der Waals surface area contributed by atoms with Crippen molar-refractivity contribution in [3.05, 3.63) is 76.7 Å². The van der Waals surface area contributed by atoms with E-state index in [0.29, 0.717) is 28.3 Å². The molecule has 2 aliphatic carbocycles. The topological polar surface area (TPSA) is 42.0 Å². The van der Waals surface area contributed by atoms with Crippen LogP contribution in [0, 0.1) is 17.7 Å². The van der Waals surface area contributed by atoms with Gasteiger partial charge in [0.25, 0.3) is 5.91 Å². The van der Waals surface area contributed by atoms with Crippen molar-refractivity contribution >= 4 is 28.4 Å². The molecule has 154 valence electrons. The van der Waals surface area contributed by atoms with E-state index in [1.807, 2.05) is 6.20 Å². The van der Waals surface area contributed by atoms with Gasteiger partial charge in [-0.05, 0) is 104 Å². The van der Waals surface area contributed by atoms with Crippen LogP contribution in [-0.2, 0) is 0 Å². The van der Waals surface area contributed by atoms with Crippen molar-refractivity contribution in [3.63, 3.8) is 0 Å². The summed E-state index contributed by atoms with van der Waals surface area (Å²) < 4.78 is 13.9. The number of nitrogens with one attached hydrogen (secondary N) is 1. The molecule has 3 aromatic rings. The quantitative estimate of drug-likeness (QED) is 0.552. The molecule has 2 aliphatic rings. The second-order valence-electron chi connectivity index (χ2n) is 8.67. The van der Waals surface area contributed by atoms with Crippen LogP contribution in [0.1, 0.15) is 53.9 Å². The van der Waals surface area contributed by atoms with E-state index < -0.39 is 0 Å². The molecule has 1 heterocycles. The third-order valence-electron chi connectivity index (χ3n) is 7.00. The van der Waals surface area contributed by atoms with Gasteiger partial charge in [0.1, 0.15) is 5.82 Å². The molecule has 30 heavy (non-hydrogen) atoms. The summed E-state index contributed by atoms with van der Waals surface area (Å²) in [5.74, 6) is 1.27. The molecule has 4 atom stereocenters. The standard InChI is InChI=1S/C25H24ClFN2O/c26-18-5-1-15(2-6-18)25(30)29-23-9-4-16-13-17(23)3-8-20(16)21-11-12-28-24-10-7-19(27)14-22(21)24/h1-2,5-7,10-12,14,16-17,20,23H,3-4,8-9,13H2,(H,29,30)/t16-,17-,20+,23-/m1/s1. The van der Waals surface area contributed by atoms with E-state index >= 15 is 0 Å². The number of rotatable bonds is 3. The number of nitrogens with zero attached hydrogens (tertiary/aromatic N) is 1. The second-order valence-corrected chi connectivity index (χ2v) is 9.10. The molecule has 2 aromatic carbocycles. The first-order valence-corrected chi connectivity index (χ1v) is 11.1. The molecule has 0 radical (unpaired) electrons. The van der Waals surface area contributed by atoms with Gasteiger partial charge in [-0.2, -0.15) is 0 Å². The van der Waals surface area contributed by atoms with Crippen molar-refractivity contribution in [1.82, 2.24) is 10.3 Å². The van der Waals surface area contributed by atoms with Gasteiger partial charge in [0, 0.05) is 28.2 Å². The number of hydrogen-bond donors (Lipinski definition) is 1. The summed E-state index contributed by atoms with van der Waals surface area (Å²) in [4.78, 5) is 17.1. The largest absolute Gasteiger partial charge is 0.349 e. The smallest absolute Gasteiger partial charge is 0.251 e. The minimum Gasteiger partial charge on any atom is -0.349 e. The lowest BCUT2D eigenvalue weighted by Gasteiger charge is -2.45. The van der Waals surface area contributed by atoms with Crippen LogP contribution in [0.4, 0.5) is 4.39 Å². The maximum Gasteiger partial charge on any atom is 0.251 e. The van der Waals surface area contributed by atoms with Gasteiger partial charge in [0.2, 0.25) is 0 Å². The fourth-order valence-corrected chi connectivity index (χ4v) is 5.66. The first kappa shape index (κ1) is 19.5. The fraction of sp³-hybridized carbons (Fsp3) is 0.360. The van der Waals surface area contributed by atoms with Crippen LogP contribution in [0.3, 0.4) is 0 Å². The van der Waals surface area contributed by atoms with E-state index in [2.05, 4.69) is 16.4 Å². The molecule has 0 spiro atoms. The Balaban J connectivity index is 1.31. The Labute approximate surface area is 180 Å². The zero-order valence-corrected chi connectivity index (χ0v) is 17.4. The highest BCUT2D eigenvalue weighted by molar-refractivity contribution is 6.30. The maximum absolute atomic E-state index is 13.9. The molecule has 5 heteroatoms. The molecular weight excluding hydrogens is 399 g/mol. The third-order valence-corrected chi connectivity index (χ3v) is 7.25. The highest BCUT2D eigenvalue weighted by atomic mass is 35.5. The Bertz CT molecular complexity index is 1080. The van der Waals surface area contributed by atoms with E-state index in [9.17, 15) is 9.18 Å². The number of pyridine rings is 1. The fourth-order valence-electron chi connectivity index (χ4n) is 5.53. The van der Waals surface area contributed by atoms with Gasteiger partial charge in [-0.1, -0.05) is 11.6 Å². The predicted octanol–water partition coefficient (Wildman–Crippen LogP) is 6.12. The van der Waals surface area contributed by atoms with Gasteiger partial charge in [0.05, 0.1) is 5.52 Å². The van der Waals surface area contributed by atoms with Crippen molar-refractivity contribution in [2.45, 2.75) is 44.1 Å². The summed E-state index contributed by atoms with van der Waals surface area (Å²) >= 11 is 5.93. The summed E-state index contributed by atoms with van der Waals surface area (Å²) in [5, 5.41) is 4.84. The van der Waals surface area contributed by atoms with E-state index in [-0.39, 0.29) is 17.8 Å². The Morgan fingerprint density at radius 1 is 1.00 bits per heavy atom. The zero-order valence-electron chi connectivity index (χ0n) is 16.7.